The highest BCUT2D eigenvalue weighted by atomic mass is 19.4. The van der Waals surface area contributed by atoms with E-state index in [1.807, 2.05) is 9.80 Å². The molecule has 0 bridgehead atoms. The molecule has 0 saturated carbocycles. The van der Waals surface area contributed by atoms with Crippen LogP contribution in [-0.2, 0) is 6.18 Å². The summed E-state index contributed by atoms with van der Waals surface area (Å²) in [4.78, 5) is 15.2. The number of halogens is 4. The van der Waals surface area contributed by atoms with Crippen molar-refractivity contribution in [1.29, 1.82) is 0 Å². The number of anilines is 2. The van der Waals surface area contributed by atoms with Crippen LogP contribution in [-0.4, -0.2) is 36.3 Å². The lowest BCUT2D eigenvalue weighted by molar-refractivity contribution is -0.137. The molecule has 0 aliphatic carbocycles. The lowest BCUT2D eigenvalue weighted by Crippen LogP contribution is -2.79. The zero-order valence-electron chi connectivity index (χ0n) is 13.9. The lowest BCUT2D eigenvalue weighted by atomic mass is 9.84. The maximum absolute atomic E-state index is 14.0. The highest BCUT2D eigenvalue weighted by Crippen LogP contribution is 2.41. The van der Waals surface area contributed by atoms with Crippen molar-refractivity contribution in [2.24, 2.45) is 0 Å². The molecule has 0 spiro atoms. The molecule has 9 heteroatoms. The van der Waals surface area contributed by atoms with Crippen LogP contribution in [0.4, 0.5) is 28.9 Å². The first-order valence-corrected chi connectivity index (χ1v) is 8.24. The maximum atomic E-state index is 14.0. The van der Waals surface area contributed by atoms with Crippen molar-refractivity contribution in [3.8, 4) is 0 Å². The normalized spacial score (nSPS) is 21.2. The average molecular weight is 381 g/mol. The number of carbonyl (C=O) groups excluding carboxylic acids is 1. The second-order valence-electron chi connectivity index (χ2n) is 6.59. The SMILES string of the molecule is O=C(NO)c1ccc(N2CC3C2CN3c2cccc(C(F)(F)F)c2)cc1F. The number of hydrogen-bond donors (Lipinski definition) is 2. The van der Waals surface area contributed by atoms with Gasteiger partial charge in [0.1, 0.15) is 5.82 Å². The first-order valence-electron chi connectivity index (χ1n) is 8.24. The highest BCUT2D eigenvalue weighted by molar-refractivity contribution is 5.94. The van der Waals surface area contributed by atoms with E-state index >= 15 is 0 Å². The fourth-order valence-electron chi connectivity index (χ4n) is 3.64. The number of benzene rings is 2. The standard InChI is InChI=1S/C18H15F4N3O2/c19-14-7-12(4-5-13(14)17(26)23-27)25-9-15-16(25)8-24(15)11-3-1-2-10(6-11)18(20,21)22/h1-7,15-16,27H,8-9H2,(H,23,26). The predicted molar refractivity (Wildman–Crippen MR) is 89.4 cm³/mol. The molecule has 2 aliphatic rings. The molecule has 2 aromatic rings. The Morgan fingerprint density at radius 1 is 1.04 bits per heavy atom. The number of nitrogens with zero attached hydrogens (tertiary/aromatic N) is 2. The van der Waals surface area contributed by atoms with Crippen molar-refractivity contribution in [2.75, 3.05) is 22.9 Å². The Bertz CT molecular complexity index is 902. The van der Waals surface area contributed by atoms with Crippen LogP contribution < -0.4 is 15.3 Å². The van der Waals surface area contributed by atoms with E-state index in [4.69, 9.17) is 5.21 Å². The number of amides is 1. The number of hydrogen-bond acceptors (Lipinski definition) is 4. The van der Waals surface area contributed by atoms with Crippen LogP contribution in [0, 0.1) is 5.82 Å². The first kappa shape index (κ1) is 17.6. The fraction of sp³-hybridized carbons (Fsp3) is 0.278. The summed E-state index contributed by atoms with van der Waals surface area (Å²) in [5, 5.41) is 8.59. The van der Waals surface area contributed by atoms with Gasteiger partial charge in [0.2, 0.25) is 0 Å². The van der Waals surface area contributed by atoms with Crippen LogP contribution in [0.15, 0.2) is 42.5 Å². The van der Waals surface area contributed by atoms with Gasteiger partial charge in [-0.15, -0.1) is 0 Å². The number of fused-ring (bicyclic) bond motifs is 1. The molecule has 142 valence electrons. The second kappa shape index (κ2) is 6.12. The molecule has 27 heavy (non-hydrogen) atoms. The Balaban J connectivity index is 1.46. The molecular weight excluding hydrogens is 366 g/mol. The molecule has 2 unspecified atom stereocenters. The molecule has 2 heterocycles. The Morgan fingerprint density at radius 2 is 1.67 bits per heavy atom. The summed E-state index contributed by atoms with van der Waals surface area (Å²) < 4.78 is 52.6. The van der Waals surface area contributed by atoms with Crippen molar-refractivity contribution in [2.45, 2.75) is 18.3 Å². The van der Waals surface area contributed by atoms with Crippen molar-refractivity contribution in [3.63, 3.8) is 0 Å². The monoisotopic (exact) mass is 381 g/mol. The largest absolute Gasteiger partial charge is 0.416 e. The van der Waals surface area contributed by atoms with Crippen LogP contribution in [0.1, 0.15) is 15.9 Å². The molecule has 2 aliphatic heterocycles. The molecule has 2 N–H and O–H groups in total. The van der Waals surface area contributed by atoms with Crippen LogP contribution in [0.3, 0.4) is 0 Å². The van der Waals surface area contributed by atoms with Crippen LogP contribution in [0.5, 0.6) is 0 Å². The van der Waals surface area contributed by atoms with Gasteiger partial charge in [0.15, 0.2) is 0 Å². The van der Waals surface area contributed by atoms with Crippen molar-refractivity contribution < 1.29 is 27.6 Å². The maximum Gasteiger partial charge on any atom is 0.416 e. The van der Waals surface area contributed by atoms with Gasteiger partial charge in [-0.3, -0.25) is 10.0 Å². The van der Waals surface area contributed by atoms with E-state index in [0.717, 1.165) is 12.1 Å². The molecule has 2 aromatic carbocycles. The van der Waals surface area contributed by atoms with E-state index in [-0.39, 0.29) is 17.6 Å². The summed E-state index contributed by atoms with van der Waals surface area (Å²) in [5.74, 6) is -1.68. The van der Waals surface area contributed by atoms with E-state index in [1.54, 1.807) is 12.1 Å². The Kier molecular flexibility index (Phi) is 3.99. The summed E-state index contributed by atoms with van der Waals surface area (Å²) in [6.45, 7) is 1.08. The second-order valence-corrected chi connectivity index (χ2v) is 6.59. The van der Waals surface area contributed by atoms with E-state index in [2.05, 4.69) is 0 Å². The fourth-order valence-corrected chi connectivity index (χ4v) is 3.64. The molecule has 5 nitrogen and oxygen atoms in total. The predicted octanol–water partition coefficient (Wildman–Crippen LogP) is 3.04. The van der Waals surface area contributed by atoms with Crippen molar-refractivity contribution in [3.05, 3.63) is 59.4 Å². The van der Waals surface area contributed by atoms with Crippen LogP contribution >= 0.6 is 0 Å². The van der Waals surface area contributed by atoms with Gasteiger partial charge in [-0.1, -0.05) is 6.07 Å². The zero-order valence-corrected chi connectivity index (χ0v) is 13.9. The minimum absolute atomic E-state index is 0.0666. The molecule has 2 atom stereocenters. The van der Waals surface area contributed by atoms with E-state index in [1.165, 1.54) is 23.7 Å². The minimum Gasteiger partial charge on any atom is -0.362 e. The molecule has 1 amide bonds. The van der Waals surface area contributed by atoms with E-state index in [9.17, 15) is 22.4 Å². The van der Waals surface area contributed by atoms with Gasteiger partial charge in [-0.25, -0.2) is 9.87 Å². The molecule has 2 saturated heterocycles. The summed E-state index contributed by atoms with van der Waals surface area (Å²) in [5.41, 5.74) is 1.55. The summed E-state index contributed by atoms with van der Waals surface area (Å²) in [6.07, 6.45) is -4.38. The third kappa shape index (κ3) is 2.87. The van der Waals surface area contributed by atoms with Gasteiger partial charge >= 0.3 is 6.18 Å². The van der Waals surface area contributed by atoms with Gasteiger partial charge in [-0.05, 0) is 36.4 Å². The third-order valence-electron chi connectivity index (χ3n) is 5.15. The molecule has 4 rings (SSSR count). The minimum atomic E-state index is -4.38. The Labute approximate surface area is 151 Å². The van der Waals surface area contributed by atoms with E-state index in [0.29, 0.717) is 24.5 Å². The smallest absolute Gasteiger partial charge is 0.362 e. The summed E-state index contributed by atoms with van der Waals surface area (Å²) in [7, 11) is 0. The highest BCUT2D eigenvalue weighted by Gasteiger charge is 2.52. The van der Waals surface area contributed by atoms with Gasteiger partial charge in [0.05, 0.1) is 23.2 Å². The summed E-state index contributed by atoms with van der Waals surface area (Å²) in [6, 6.07) is 9.45. The number of hydroxylamine groups is 1. The molecule has 0 radical (unpaired) electrons. The number of rotatable bonds is 3. The Morgan fingerprint density at radius 3 is 2.19 bits per heavy atom. The quantitative estimate of drug-likeness (QED) is 0.488. The molecule has 0 aromatic heterocycles. The molecule has 2 fully saturated rings. The van der Waals surface area contributed by atoms with Gasteiger partial charge in [0.25, 0.3) is 5.91 Å². The number of carbonyl (C=O) groups is 1. The Hall–Kier alpha value is -2.81. The lowest BCUT2D eigenvalue weighted by Gasteiger charge is -2.63. The first-order chi connectivity index (χ1) is 12.8. The number of alkyl halides is 3. The number of nitrogens with one attached hydrogen (secondary N) is 1. The average Bonchev–Trinajstić information content (AvgIpc) is 2.62. The van der Waals surface area contributed by atoms with Crippen LogP contribution in [0.2, 0.25) is 0 Å². The van der Waals surface area contributed by atoms with Gasteiger partial charge < -0.3 is 9.80 Å². The third-order valence-corrected chi connectivity index (χ3v) is 5.15. The van der Waals surface area contributed by atoms with Gasteiger partial charge in [-0.2, -0.15) is 13.2 Å². The zero-order chi connectivity index (χ0) is 19.3. The number of piperazine rings is 1. The van der Waals surface area contributed by atoms with Crippen molar-refractivity contribution >= 4 is 17.3 Å². The summed E-state index contributed by atoms with van der Waals surface area (Å²) >= 11 is 0. The molecular formula is C18H15F4N3O2. The van der Waals surface area contributed by atoms with Crippen LogP contribution in [0.25, 0.3) is 0 Å². The van der Waals surface area contributed by atoms with Crippen molar-refractivity contribution in [1.82, 2.24) is 5.48 Å². The van der Waals surface area contributed by atoms with E-state index < -0.39 is 23.5 Å². The van der Waals surface area contributed by atoms with Gasteiger partial charge in [0, 0.05) is 24.5 Å². The topological polar surface area (TPSA) is 55.8 Å².